The summed E-state index contributed by atoms with van der Waals surface area (Å²) in [7, 11) is 0. The lowest BCUT2D eigenvalue weighted by atomic mass is 10.1. The van der Waals surface area contributed by atoms with Crippen molar-refractivity contribution in [2.45, 2.75) is 31.8 Å². The average molecular weight is 538 g/mol. The molecule has 33 heavy (non-hydrogen) atoms. The van der Waals surface area contributed by atoms with E-state index in [2.05, 4.69) is 21.2 Å². The number of hydrogen-bond acceptors (Lipinski definition) is 5. The van der Waals surface area contributed by atoms with E-state index in [9.17, 15) is 19.2 Å². The van der Waals surface area contributed by atoms with Gasteiger partial charge in [0, 0.05) is 35.4 Å². The van der Waals surface area contributed by atoms with Crippen molar-refractivity contribution in [2.24, 2.45) is 0 Å². The molecule has 1 fully saturated rings. The maximum atomic E-state index is 13.2. The highest BCUT2D eigenvalue weighted by Gasteiger charge is 2.45. The predicted octanol–water partition coefficient (Wildman–Crippen LogP) is 3.23. The lowest BCUT2D eigenvalue weighted by Gasteiger charge is -2.22. The summed E-state index contributed by atoms with van der Waals surface area (Å²) in [5.74, 6) is -1.41. The van der Waals surface area contributed by atoms with Gasteiger partial charge in [-0.1, -0.05) is 39.7 Å². The van der Waals surface area contributed by atoms with Gasteiger partial charge in [0.05, 0.1) is 5.69 Å². The van der Waals surface area contributed by atoms with Crippen LogP contribution in [0.1, 0.15) is 24.8 Å². The van der Waals surface area contributed by atoms with Crippen molar-refractivity contribution in [2.75, 3.05) is 11.4 Å². The molecule has 1 atom stereocenters. The molecule has 1 saturated heterocycles. The summed E-state index contributed by atoms with van der Waals surface area (Å²) in [4.78, 5) is 52.2. The second kappa shape index (κ2) is 11.3. The number of nitrogens with one attached hydrogen (secondary N) is 2. The smallest absolute Gasteiger partial charge is 0.332 e. The van der Waals surface area contributed by atoms with Crippen LogP contribution in [0.4, 0.5) is 10.5 Å². The van der Waals surface area contributed by atoms with Crippen LogP contribution in [-0.2, 0) is 20.9 Å². The number of carbonyl (C=O) groups is 4. The van der Waals surface area contributed by atoms with Crippen LogP contribution in [0.3, 0.4) is 0 Å². The Bertz CT molecular complexity index is 1030. The van der Waals surface area contributed by atoms with Crippen molar-refractivity contribution in [3.05, 3.63) is 63.6 Å². The highest BCUT2D eigenvalue weighted by molar-refractivity contribution is 9.10. The van der Waals surface area contributed by atoms with Gasteiger partial charge in [-0.25, -0.2) is 15.2 Å². The topological polar surface area (TPSA) is 119 Å². The fourth-order valence-electron chi connectivity index (χ4n) is 3.44. The number of carbonyl (C=O) groups excluding carboxylic acids is 4. The minimum atomic E-state index is -0.830. The van der Waals surface area contributed by atoms with E-state index in [1.54, 1.807) is 24.3 Å². The van der Waals surface area contributed by atoms with Gasteiger partial charge in [0.25, 0.3) is 5.91 Å². The molecule has 2 aromatic carbocycles. The largest absolute Gasteiger partial charge is 0.356 e. The molecule has 9 nitrogen and oxygen atoms in total. The van der Waals surface area contributed by atoms with Gasteiger partial charge < -0.3 is 10.2 Å². The molecule has 0 aliphatic carbocycles. The first-order valence-corrected chi connectivity index (χ1v) is 11.3. The Hall–Kier alpha value is -2.95. The first-order chi connectivity index (χ1) is 15.8. The number of imide groups is 1. The monoisotopic (exact) mass is 536 g/mol. The molecule has 11 heteroatoms. The summed E-state index contributed by atoms with van der Waals surface area (Å²) in [5, 5.41) is 11.5. The Kier molecular flexibility index (Phi) is 8.43. The molecule has 0 spiro atoms. The van der Waals surface area contributed by atoms with E-state index in [0.717, 1.165) is 14.9 Å². The minimum Gasteiger partial charge on any atom is -0.356 e. The Morgan fingerprint density at radius 1 is 1.00 bits per heavy atom. The molecule has 0 bridgehead atoms. The van der Waals surface area contributed by atoms with E-state index < -0.39 is 23.9 Å². The molecule has 5 amide bonds. The Morgan fingerprint density at radius 2 is 1.67 bits per heavy atom. The lowest BCUT2D eigenvalue weighted by Crippen LogP contribution is -2.36. The number of urea groups is 1. The summed E-state index contributed by atoms with van der Waals surface area (Å²) in [5.41, 5.74) is 2.72. The SMILES string of the molecule is O=C(CCNC(=O)CCC1C(=O)N(c2ccc(Cl)cc2)C(=O)N1Cc1ccc(Br)cc1)NO. The van der Waals surface area contributed by atoms with Crippen LogP contribution in [0.2, 0.25) is 5.02 Å². The molecule has 0 aromatic heterocycles. The van der Waals surface area contributed by atoms with Gasteiger partial charge >= 0.3 is 6.03 Å². The van der Waals surface area contributed by atoms with Crippen LogP contribution in [0, 0.1) is 0 Å². The Balaban J connectivity index is 1.75. The molecule has 3 rings (SSSR count). The van der Waals surface area contributed by atoms with Crippen molar-refractivity contribution in [1.29, 1.82) is 0 Å². The number of halogens is 2. The van der Waals surface area contributed by atoms with E-state index in [1.807, 2.05) is 24.3 Å². The quantitative estimate of drug-likeness (QED) is 0.258. The van der Waals surface area contributed by atoms with Crippen molar-refractivity contribution in [3.8, 4) is 0 Å². The molecule has 1 aliphatic rings. The van der Waals surface area contributed by atoms with Crippen LogP contribution in [-0.4, -0.2) is 46.4 Å². The normalized spacial score (nSPS) is 15.7. The summed E-state index contributed by atoms with van der Waals surface area (Å²) < 4.78 is 0.890. The molecule has 1 heterocycles. The number of rotatable bonds is 9. The van der Waals surface area contributed by atoms with Gasteiger partial charge in [0.1, 0.15) is 6.04 Å². The maximum absolute atomic E-state index is 13.2. The molecule has 174 valence electrons. The molecule has 3 N–H and O–H groups in total. The first-order valence-electron chi connectivity index (χ1n) is 10.1. The molecular formula is C22H22BrClN4O5. The minimum absolute atomic E-state index is 0.0181. The van der Waals surface area contributed by atoms with Gasteiger partial charge in [-0.2, -0.15) is 0 Å². The number of hydroxylamine groups is 1. The van der Waals surface area contributed by atoms with Crippen molar-refractivity contribution < 1.29 is 24.4 Å². The van der Waals surface area contributed by atoms with E-state index in [0.29, 0.717) is 10.7 Å². The van der Waals surface area contributed by atoms with E-state index in [1.165, 1.54) is 10.4 Å². The van der Waals surface area contributed by atoms with Crippen molar-refractivity contribution in [1.82, 2.24) is 15.7 Å². The van der Waals surface area contributed by atoms with E-state index >= 15 is 0 Å². The second-order valence-electron chi connectivity index (χ2n) is 7.38. The number of amides is 5. The number of hydrogen-bond donors (Lipinski definition) is 3. The van der Waals surface area contributed by atoms with Gasteiger partial charge in [-0.3, -0.25) is 19.6 Å². The molecule has 1 unspecified atom stereocenters. The molecular weight excluding hydrogens is 516 g/mol. The fourth-order valence-corrected chi connectivity index (χ4v) is 3.83. The second-order valence-corrected chi connectivity index (χ2v) is 8.73. The number of nitrogens with zero attached hydrogens (tertiary/aromatic N) is 2. The van der Waals surface area contributed by atoms with Gasteiger partial charge in [-0.15, -0.1) is 0 Å². The predicted molar refractivity (Wildman–Crippen MR) is 125 cm³/mol. The van der Waals surface area contributed by atoms with Crippen LogP contribution in [0.5, 0.6) is 0 Å². The van der Waals surface area contributed by atoms with Crippen molar-refractivity contribution in [3.63, 3.8) is 0 Å². The van der Waals surface area contributed by atoms with Crippen LogP contribution in [0.25, 0.3) is 0 Å². The Labute approximate surface area is 203 Å². The third kappa shape index (κ3) is 6.31. The zero-order valence-corrected chi connectivity index (χ0v) is 19.8. The maximum Gasteiger partial charge on any atom is 0.332 e. The highest BCUT2D eigenvalue weighted by atomic mass is 79.9. The number of anilines is 1. The summed E-state index contributed by atoms with van der Waals surface area (Å²) >= 11 is 9.31. The van der Waals surface area contributed by atoms with Crippen LogP contribution >= 0.6 is 27.5 Å². The highest BCUT2D eigenvalue weighted by Crippen LogP contribution is 2.30. The summed E-state index contributed by atoms with van der Waals surface area (Å²) in [6, 6.07) is 12.5. The summed E-state index contributed by atoms with van der Waals surface area (Å²) in [6.45, 7) is 0.243. The van der Waals surface area contributed by atoms with Gasteiger partial charge in [0.2, 0.25) is 11.8 Å². The number of benzene rings is 2. The Morgan fingerprint density at radius 3 is 2.30 bits per heavy atom. The first kappa shape index (κ1) is 24.7. The third-order valence-corrected chi connectivity index (χ3v) is 5.89. The molecule has 2 aromatic rings. The molecule has 0 saturated carbocycles. The average Bonchev–Trinajstić information content (AvgIpc) is 3.03. The molecule has 0 radical (unpaired) electrons. The van der Waals surface area contributed by atoms with Crippen LogP contribution < -0.4 is 15.7 Å². The van der Waals surface area contributed by atoms with E-state index in [4.69, 9.17) is 16.8 Å². The zero-order chi connectivity index (χ0) is 24.0. The lowest BCUT2D eigenvalue weighted by molar-refractivity contribution is -0.129. The van der Waals surface area contributed by atoms with Gasteiger partial charge in [-0.05, 0) is 48.4 Å². The van der Waals surface area contributed by atoms with Crippen molar-refractivity contribution >= 4 is 57.0 Å². The standard InChI is InChI=1S/C22H22BrClN4O5/c23-15-3-1-14(2-4-15)13-27-18(9-10-19(29)25-12-11-20(30)26-33)21(31)28(22(27)32)17-7-5-16(24)6-8-17/h1-8,18,33H,9-13H2,(H,25,29)(H,26,30). The molecule has 1 aliphatic heterocycles. The van der Waals surface area contributed by atoms with E-state index in [-0.39, 0.29) is 38.3 Å². The van der Waals surface area contributed by atoms with Gasteiger partial charge in [0.15, 0.2) is 0 Å². The third-order valence-electron chi connectivity index (χ3n) is 5.11. The summed E-state index contributed by atoms with van der Waals surface area (Å²) in [6.07, 6.45) is 0.0159. The van der Waals surface area contributed by atoms with Crippen LogP contribution in [0.15, 0.2) is 53.0 Å². The zero-order valence-electron chi connectivity index (χ0n) is 17.5. The fraction of sp³-hybridized carbons (Fsp3) is 0.273.